The third kappa shape index (κ3) is 6.12. The molecule has 1 fully saturated rings. The Bertz CT molecular complexity index is 1480. The minimum absolute atomic E-state index is 0. The fourth-order valence-corrected chi connectivity index (χ4v) is 4.01. The van der Waals surface area contributed by atoms with Crippen molar-refractivity contribution in [2.75, 3.05) is 5.32 Å². The third-order valence-electron chi connectivity index (χ3n) is 6.30. The second-order valence-electron chi connectivity index (χ2n) is 8.77. The quantitative estimate of drug-likeness (QED) is 0.255. The predicted octanol–water partition coefficient (Wildman–Crippen LogP) is 2.81. The Balaban J connectivity index is 0.00000190. The number of nitrogens with zero attached hydrogens (tertiary/aromatic N) is 1. The van der Waals surface area contributed by atoms with Crippen LogP contribution in [0.3, 0.4) is 0 Å². The molecule has 4 aromatic rings. The molecular formula is C29H24N2NaO5-. The van der Waals surface area contributed by atoms with E-state index < -0.39 is 17.6 Å². The largest absolute Gasteiger partial charge is 1.00 e. The Hall–Kier alpha value is -3.41. The Labute approximate surface area is 237 Å². The van der Waals surface area contributed by atoms with E-state index in [1.54, 1.807) is 13.8 Å². The van der Waals surface area contributed by atoms with Crippen LogP contribution in [0.1, 0.15) is 54.0 Å². The van der Waals surface area contributed by atoms with Gasteiger partial charge < -0.3 is 19.5 Å². The van der Waals surface area contributed by atoms with Crippen LogP contribution < -0.4 is 34.9 Å². The van der Waals surface area contributed by atoms with E-state index in [1.807, 2.05) is 66.7 Å². The number of hydrogen-bond donors (Lipinski definition) is 1. The van der Waals surface area contributed by atoms with Crippen molar-refractivity contribution in [2.45, 2.75) is 38.2 Å². The molecule has 1 aromatic heterocycles. The van der Waals surface area contributed by atoms with Crippen LogP contribution in [0.5, 0.6) is 0 Å². The van der Waals surface area contributed by atoms with E-state index in [-0.39, 0.29) is 40.8 Å². The predicted molar refractivity (Wildman–Crippen MR) is 135 cm³/mol. The number of amides is 1. The molecule has 0 radical (unpaired) electrons. The molecule has 1 aliphatic carbocycles. The number of aryl methyl sites for hydroxylation is 1. The van der Waals surface area contributed by atoms with E-state index in [0.717, 1.165) is 40.3 Å². The van der Waals surface area contributed by atoms with Gasteiger partial charge in [0.25, 0.3) is 0 Å². The number of benzene rings is 3. The smallest absolute Gasteiger partial charge is 0.870 e. The van der Waals surface area contributed by atoms with E-state index in [4.69, 9.17) is 9.26 Å². The summed E-state index contributed by atoms with van der Waals surface area (Å²) < 4.78 is 10.8. The average molecular weight is 504 g/mol. The van der Waals surface area contributed by atoms with Crippen molar-refractivity contribution in [3.63, 3.8) is 0 Å². The molecule has 0 spiro atoms. The molecule has 5 rings (SSSR count). The van der Waals surface area contributed by atoms with Gasteiger partial charge >= 0.3 is 35.7 Å². The average Bonchev–Trinajstić information content (AvgIpc) is 3.62. The fraction of sp³-hybridized carbons (Fsp3) is 0.207. The van der Waals surface area contributed by atoms with E-state index >= 15 is 0 Å². The maximum atomic E-state index is 12.5. The SMILES string of the molecule is Cc1noc(C#Cc2ccc3cc(C4([C-]=O)CC4)ccc3c2)c1NC(=O)O[C@H](C)c1ccccc1.[Na+].[OH-]. The maximum absolute atomic E-state index is 12.5. The number of nitrogens with one attached hydrogen (secondary N) is 1. The molecule has 0 bridgehead atoms. The summed E-state index contributed by atoms with van der Waals surface area (Å²) in [6.45, 7) is 3.53. The Morgan fingerprint density at radius 2 is 1.78 bits per heavy atom. The van der Waals surface area contributed by atoms with Gasteiger partial charge in [0.2, 0.25) is 5.76 Å². The van der Waals surface area contributed by atoms with Crippen molar-refractivity contribution in [3.8, 4) is 11.8 Å². The van der Waals surface area contributed by atoms with Crippen molar-refractivity contribution in [1.29, 1.82) is 0 Å². The first-order chi connectivity index (χ1) is 17.0. The minimum Gasteiger partial charge on any atom is -0.870 e. The molecule has 1 atom stereocenters. The molecule has 7 nitrogen and oxygen atoms in total. The van der Waals surface area contributed by atoms with Gasteiger partial charge in [-0.05, 0) is 48.2 Å². The monoisotopic (exact) mass is 503 g/mol. The number of carbonyl (C=O) groups excluding carboxylic acids is 2. The van der Waals surface area contributed by atoms with Crippen LogP contribution in [0.15, 0.2) is 71.3 Å². The molecule has 0 aliphatic heterocycles. The second kappa shape index (κ2) is 11.8. The zero-order valence-electron chi connectivity index (χ0n) is 20.9. The van der Waals surface area contributed by atoms with E-state index in [9.17, 15) is 9.59 Å². The van der Waals surface area contributed by atoms with Crippen molar-refractivity contribution >= 4 is 28.8 Å². The number of ether oxygens (including phenoxy) is 1. The summed E-state index contributed by atoms with van der Waals surface area (Å²) in [5.41, 5.74) is 3.16. The van der Waals surface area contributed by atoms with Gasteiger partial charge in [0, 0.05) is 5.56 Å². The summed E-state index contributed by atoms with van der Waals surface area (Å²) in [6.07, 6.45) is 2.89. The van der Waals surface area contributed by atoms with Gasteiger partial charge in [-0.3, -0.25) is 11.6 Å². The molecular weight excluding hydrogens is 479 g/mol. The zero-order valence-corrected chi connectivity index (χ0v) is 22.9. The van der Waals surface area contributed by atoms with Crippen molar-refractivity contribution in [2.24, 2.45) is 0 Å². The molecule has 8 heteroatoms. The standard InChI is InChI=1S/C29H23N2O4.Na.H2O/c1-19-27(30-28(33)34-20(2)22-6-4-3-5-7-22)26(35-31-19)13-9-21-8-10-24-17-25(12-11-23(24)16-21)29(18-32)14-15-29;;/h3-8,10-12,16-17,20H,14-15H2,1-2H3,(H,30,33);;1H2/q-1;+1;/p-1/t20-;;/m1../s1. The number of carbonyl (C=O) groups is 1. The van der Waals surface area contributed by atoms with Crippen molar-refractivity contribution in [1.82, 2.24) is 5.16 Å². The van der Waals surface area contributed by atoms with Crippen LogP contribution in [0, 0.1) is 18.8 Å². The molecule has 1 heterocycles. The number of aromatic nitrogens is 1. The molecule has 37 heavy (non-hydrogen) atoms. The number of fused-ring (bicyclic) bond motifs is 1. The third-order valence-corrected chi connectivity index (χ3v) is 6.30. The maximum Gasteiger partial charge on any atom is 1.00 e. The van der Waals surface area contributed by atoms with E-state index in [2.05, 4.69) is 28.6 Å². The second-order valence-corrected chi connectivity index (χ2v) is 8.77. The molecule has 182 valence electrons. The summed E-state index contributed by atoms with van der Waals surface area (Å²) in [5.74, 6) is 6.29. The van der Waals surface area contributed by atoms with E-state index in [0.29, 0.717) is 11.4 Å². The molecule has 2 N–H and O–H groups in total. The molecule has 0 saturated heterocycles. The van der Waals surface area contributed by atoms with Crippen molar-refractivity contribution < 1.29 is 53.9 Å². The molecule has 1 aliphatic rings. The van der Waals surface area contributed by atoms with Gasteiger partial charge in [-0.1, -0.05) is 84.1 Å². The first-order valence-corrected chi connectivity index (χ1v) is 11.4. The topological polar surface area (TPSA) is 111 Å². The van der Waals surface area contributed by atoms with Gasteiger partial charge in [0.1, 0.15) is 17.5 Å². The van der Waals surface area contributed by atoms with Crippen LogP contribution in [0.25, 0.3) is 10.8 Å². The first-order valence-electron chi connectivity index (χ1n) is 11.4. The van der Waals surface area contributed by atoms with Crippen LogP contribution in [0.4, 0.5) is 10.5 Å². The van der Waals surface area contributed by atoms with Crippen LogP contribution in [-0.2, 0) is 14.9 Å². The molecule has 3 aromatic carbocycles. The summed E-state index contributed by atoms with van der Waals surface area (Å²) in [6, 6.07) is 21.4. The molecule has 1 saturated carbocycles. The number of anilines is 1. The molecule has 0 unspecified atom stereocenters. The van der Waals surface area contributed by atoms with Gasteiger partial charge in [0.15, 0.2) is 0 Å². The summed E-state index contributed by atoms with van der Waals surface area (Å²) in [5, 5.41) is 8.71. The summed E-state index contributed by atoms with van der Waals surface area (Å²) in [4.78, 5) is 23.8. The zero-order chi connectivity index (χ0) is 24.4. The fourth-order valence-electron chi connectivity index (χ4n) is 4.01. The number of hydrogen-bond acceptors (Lipinski definition) is 6. The Morgan fingerprint density at radius 1 is 1.08 bits per heavy atom. The normalized spacial score (nSPS) is 13.7. The molecule has 1 amide bonds. The Morgan fingerprint density at radius 3 is 2.49 bits per heavy atom. The van der Waals surface area contributed by atoms with Gasteiger partial charge in [-0.2, -0.15) is 0 Å². The minimum atomic E-state index is -0.613. The van der Waals surface area contributed by atoms with Gasteiger partial charge in [-0.25, -0.2) is 4.79 Å². The number of rotatable bonds is 5. The van der Waals surface area contributed by atoms with Gasteiger partial charge in [0.05, 0.1) is 0 Å². The summed E-state index contributed by atoms with van der Waals surface area (Å²) >= 11 is 0. The van der Waals surface area contributed by atoms with Crippen LogP contribution >= 0.6 is 0 Å². The van der Waals surface area contributed by atoms with Crippen molar-refractivity contribution in [3.05, 3.63) is 94.9 Å². The van der Waals surface area contributed by atoms with Crippen LogP contribution in [-0.4, -0.2) is 23.0 Å². The van der Waals surface area contributed by atoms with Crippen LogP contribution in [0.2, 0.25) is 0 Å². The Kier molecular flexibility index (Phi) is 8.95. The first kappa shape index (κ1) is 28.2. The van der Waals surface area contributed by atoms with Gasteiger partial charge in [-0.15, -0.1) is 5.41 Å². The van der Waals surface area contributed by atoms with E-state index in [1.165, 1.54) is 0 Å². The summed E-state index contributed by atoms with van der Waals surface area (Å²) in [7, 11) is 0.